The van der Waals surface area contributed by atoms with Crippen LogP contribution in [0.3, 0.4) is 0 Å². The number of thiophene rings is 1. The molecule has 112 valence electrons. The number of nitrogens with zero attached hydrogens (tertiary/aromatic N) is 2. The van der Waals surface area contributed by atoms with Crippen LogP contribution < -0.4 is 5.73 Å². The number of amides is 1. The fraction of sp³-hybridized carbons (Fsp3) is 0.643. The summed E-state index contributed by atoms with van der Waals surface area (Å²) in [5.74, 6) is 0.289. The Morgan fingerprint density at radius 1 is 1.40 bits per heavy atom. The predicted molar refractivity (Wildman–Crippen MR) is 84.0 cm³/mol. The lowest BCUT2D eigenvalue weighted by Crippen LogP contribution is -2.49. The molecule has 1 aliphatic heterocycles. The van der Waals surface area contributed by atoms with Crippen molar-refractivity contribution in [2.75, 3.05) is 32.7 Å². The molecule has 0 aliphatic carbocycles. The van der Waals surface area contributed by atoms with Crippen molar-refractivity contribution < 1.29 is 4.79 Å². The van der Waals surface area contributed by atoms with E-state index in [1.807, 2.05) is 17.9 Å². The Kier molecular flexibility index (Phi) is 5.84. The second-order valence-corrected chi connectivity index (χ2v) is 7.09. The number of hydrogen-bond donors (Lipinski definition) is 1. The first-order valence-electron chi connectivity index (χ1n) is 7.05. The summed E-state index contributed by atoms with van der Waals surface area (Å²) in [6, 6.07) is 4.02. The van der Waals surface area contributed by atoms with Gasteiger partial charge in [-0.15, -0.1) is 11.3 Å². The molecule has 1 aromatic heterocycles. The molecule has 1 unspecified atom stereocenters. The van der Waals surface area contributed by atoms with Crippen LogP contribution in [0.2, 0.25) is 4.34 Å². The minimum Gasteiger partial charge on any atom is -0.340 e. The van der Waals surface area contributed by atoms with Crippen molar-refractivity contribution in [1.82, 2.24) is 9.80 Å². The highest BCUT2D eigenvalue weighted by Crippen LogP contribution is 2.23. The van der Waals surface area contributed by atoms with Gasteiger partial charge in [-0.25, -0.2) is 0 Å². The second kappa shape index (κ2) is 7.41. The lowest BCUT2D eigenvalue weighted by atomic mass is 10.1. The van der Waals surface area contributed by atoms with Gasteiger partial charge in [0, 0.05) is 43.5 Å². The van der Waals surface area contributed by atoms with E-state index >= 15 is 0 Å². The van der Waals surface area contributed by atoms with E-state index in [1.54, 1.807) is 11.3 Å². The molecule has 2 N–H and O–H groups in total. The molecule has 6 heteroatoms. The van der Waals surface area contributed by atoms with E-state index in [9.17, 15) is 4.79 Å². The molecule has 0 spiro atoms. The lowest BCUT2D eigenvalue weighted by Gasteiger charge is -2.35. The summed E-state index contributed by atoms with van der Waals surface area (Å²) < 4.78 is 0.837. The first-order valence-corrected chi connectivity index (χ1v) is 8.25. The molecule has 4 nitrogen and oxygen atoms in total. The summed E-state index contributed by atoms with van der Waals surface area (Å²) in [6.07, 6.45) is 0.771. The van der Waals surface area contributed by atoms with Crippen LogP contribution in [-0.2, 0) is 11.3 Å². The maximum atomic E-state index is 12.2. The fourth-order valence-corrected chi connectivity index (χ4v) is 3.60. The molecule has 1 amide bonds. The van der Waals surface area contributed by atoms with Crippen LogP contribution in [0, 0.1) is 5.92 Å². The fourth-order valence-electron chi connectivity index (χ4n) is 2.47. The van der Waals surface area contributed by atoms with Gasteiger partial charge in [-0.2, -0.15) is 0 Å². The van der Waals surface area contributed by atoms with Crippen molar-refractivity contribution >= 4 is 28.8 Å². The van der Waals surface area contributed by atoms with E-state index in [0.717, 1.165) is 43.5 Å². The quantitative estimate of drug-likeness (QED) is 0.904. The second-order valence-electron chi connectivity index (χ2n) is 5.29. The van der Waals surface area contributed by atoms with E-state index in [-0.39, 0.29) is 11.8 Å². The van der Waals surface area contributed by atoms with Crippen LogP contribution in [0.5, 0.6) is 0 Å². The average molecular weight is 316 g/mol. The summed E-state index contributed by atoms with van der Waals surface area (Å²) in [6.45, 7) is 6.95. The minimum absolute atomic E-state index is 0.0441. The summed E-state index contributed by atoms with van der Waals surface area (Å²) >= 11 is 7.57. The monoisotopic (exact) mass is 315 g/mol. The maximum Gasteiger partial charge on any atom is 0.225 e. The van der Waals surface area contributed by atoms with Gasteiger partial charge in [-0.3, -0.25) is 9.69 Å². The van der Waals surface area contributed by atoms with Crippen LogP contribution in [0.15, 0.2) is 12.1 Å². The third-order valence-electron chi connectivity index (χ3n) is 3.71. The lowest BCUT2D eigenvalue weighted by molar-refractivity contribution is -0.137. The van der Waals surface area contributed by atoms with Crippen molar-refractivity contribution in [3.63, 3.8) is 0 Å². The Bertz CT molecular complexity index is 443. The topological polar surface area (TPSA) is 49.6 Å². The molecule has 20 heavy (non-hydrogen) atoms. The molecule has 0 bridgehead atoms. The van der Waals surface area contributed by atoms with Gasteiger partial charge >= 0.3 is 0 Å². The molecule has 1 atom stereocenters. The van der Waals surface area contributed by atoms with Crippen molar-refractivity contribution in [3.8, 4) is 0 Å². The van der Waals surface area contributed by atoms with Crippen molar-refractivity contribution in [1.29, 1.82) is 0 Å². The SMILES string of the molecule is CC(CCN)C(=O)N1CCN(Cc2ccc(Cl)s2)CC1. The molecule has 0 aromatic carbocycles. The summed E-state index contributed by atoms with van der Waals surface area (Å²) in [7, 11) is 0. The molecule has 0 saturated carbocycles. The van der Waals surface area contributed by atoms with Crippen LogP contribution in [-0.4, -0.2) is 48.4 Å². The standard InChI is InChI=1S/C14H22ClN3OS/c1-11(4-5-16)14(19)18-8-6-17(7-9-18)10-12-2-3-13(15)20-12/h2-3,11H,4-10,16H2,1H3. The van der Waals surface area contributed by atoms with Crippen LogP contribution in [0.4, 0.5) is 0 Å². The first kappa shape index (κ1) is 15.8. The molecule has 1 fully saturated rings. The molecular formula is C14H22ClN3OS. The Labute approximate surface area is 129 Å². The van der Waals surface area contributed by atoms with Crippen molar-refractivity contribution in [2.24, 2.45) is 11.7 Å². The van der Waals surface area contributed by atoms with E-state index in [0.29, 0.717) is 6.54 Å². The van der Waals surface area contributed by atoms with Crippen LogP contribution >= 0.6 is 22.9 Å². The molecule has 1 aromatic rings. The van der Waals surface area contributed by atoms with Crippen molar-refractivity contribution in [2.45, 2.75) is 19.9 Å². The molecular weight excluding hydrogens is 294 g/mol. The number of rotatable bonds is 5. The Balaban J connectivity index is 1.78. The Hall–Kier alpha value is -0.620. The average Bonchev–Trinajstić information content (AvgIpc) is 2.84. The van der Waals surface area contributed by atoms with E-state index < -0.39 is 0 Å². The van der Waals surface area contributed by atoms with Gasteiger partial charge < -0.3 is 10.6 Å². The molecule has 1 saturated heterocycles. The van der Waals surface area contributed by atoms with E-state index in [2.05, 4.69) is 11.0 Å². The van der Waals surface area contributed by atoms with Gasteiger partial charge in [-0.05, 0) is 25.1 Å². The summed E-state index contributed by atoms with van der Waals surface area (Å²) in [5.41, 5.74) is 5.52. The van der Waals surface area contributed by atoms with Gasteiger partial charge in [0.25, 0.3) is 0 Å². The molecule has 1 aliphatic rings. The van der Waals surface area contributed by atoms with Crippen LogP contribution in [0.1, 0.15) is 18.2 Å². The number of hydrogen-bond acceptors (Lipinski definition) is 4. The highest BCUT2D eigenvalue weighted by Gasteiger charge is 2.24. The van der Waals surface area contributed by atoms with E-state index in [4.69, 9.17) is 17.3 Å². The third kappa shape index (κ3) is 4.19. The Morgan fingerprint density at radius 3 is 2.65 bits per heavy atom. The predicted octanol–water partition coefficient (Wildman–Crippen LogP) is 2.03. The molecule has 2 heterocycles. The third-order valence-corrected chi connectivity index (χ3v) is 4.93. The smallest absolute Gasteiger partial charge is 0.225 e. The zero-order valence-corrected chi connectivity index (χ0v) is 13.4. The van der Waals surface area contributed by atoms with Gasteiger partial charge in [0.1, 0.15) is 0 Å². The van der Waals surface area contributed by atoms with E-state index in [1.165, 1.54) is 4.88 Å². The normalized spacial score (nSPS) is 18.2. The highest BCUT2D eigenvalue weighted by molar-refractivity contribution is 7.16. The van der Waals surface area contributed by atoms with Crippen LogP contribution in [0.25, 0.3) is 0 Å². The number of carbonyl (C=O) groups is 1. The highest BCUT2D eigenvalue weighted by atomic mass is 35.5. The summed E-state index contributed by atoms with van der Waals surface area (Å²) in [5, 5.41) is 0. The zero-order valence-electron chi connectivity index (χ0n) is 11.8. The molecule has 2 rings (SSSR count). The maximum absolute atomic E-state index is 12.2. The number of nitrogens with two attached hydrogens (primary N) is 1. The first-order chi connectivity index (χ1) is 9.60. The van der Waals surface area contributed by atoms with Gasteiger partial charge in [0.15, 0.2) is 0 Å². The van der Waals surface area contributed by atoms with Gasteiger partial charge in [-0.1, -0.05) is 18.5 Å². The Morgan fingerprint density at radius 2 is 2.10 bits per heavy atom. The molecule has 0 radical (unpaired) electrons. The number of carbonyl (C=O) groups excluding carboxylic acids is 1. The zero-order chi connectivity index (χ0) is 14.5. The van der Waals surface area contributed by atoms with Crippen molar-refractivity contribution in [3.05, 3.63) is 21.3 Å². The largest absolute Gasteiger partial charge is 0.340 e. The number of piperazine rings is 1. The van der Waals surface area contributed by atoms with Gasteiger partial charge in [0.2, 0.25) is 5.91 Å². The minimum atomic E-state index is 0.0441. The number of halogens is 1. The summed E-state index contributed by atoms with van der Waals surface area (Å²) in [4.78, 5) is 17.8. The van der Waals surface area contributed by atoms with Gasteiger partial charge in [0.05, 0.1) is 4.34 Å².